The molecule has 1 aliphatic rings. The number of nitrogens with one attached hydrogen (secondary N) is 1. The van der Waals surface area contributed by atoms with Crippen LogP contribution in [-0.4, -0.2) is 31.1 Å². The van der Waals surface area contributed by atoms with Gasteiger partial charge < -0.3 is 5.32 Å². The smallest absolute Gasteiger partial charge is 0.0641 e. The molecule has 1 fully saturated rings. The average Bonchev–Trinajstić information content (AvgIpc) is 2.38. The van der Waals surface area contributed by atoms with E-state index >= 15 is 0 Å². The average molecular weight is 264 g/mol. The number of nitriles is 1. The summed E-state index contributed by atoms with van der Waals surface area (Å²) >= 11 is 6.33. The number of hydrogen-bond donors (Lipinski definition) is 1. The van der Waals surface area contributed by atoms with Crippen LogP contribution in [0, 0.1) is 18.3 Å². The van der Waals surface area contributed by atoms with Gasteiger partial charge >= 0.3 is 0 Å². The normalized spacial score (nSPS) is 18.3. The molecule has 0 amide bonds. The van der Waals surface area contributed by atoms with Gasteiger partial charge in [-0.3, -0.25) is 4.90 Å². The van der Waals surface area contributed by atoms with Crippen molar-refractivity contribution in [3.8, 4) is 6.07 Å². The fraction of sp³-hybridized carbons (Fsp3) is 0.500. The van der Waals surface area contributed by atoms with Gasteiger partial charge in [-0.25, -0.2) is 0 Å². The Morgan fingerprint density at radius 2 is 2.17 bits per heavy atom. The number of nitrogens with zero attached hydrogens (tertiary/aromatic N) is 2. The first kappa shape index (κ1) is 13.4. The lowest BCUT2D eigenvalue weighted by Gasteiger charge is -2.35. The van der Waals surface area contributed by atoms with Crippen molar-refractivity contribution in [3.63, 3.8) is 0 Å². The Kier molecular flexibility index (Phi) is 4.60. The summed E-state index contributed by atoms with van der Waals surface area (Å²) in [6, 6.07) is 8.35. The molecule has 96 valence electrons. The largest absolute Gasteiger partial charge is 0.314 e. The Labute approximate surface area is 113 Å². The molecule has 0 saturated carbocycles. The van der Waals surface area contributed by atoms with Gasteiger partial charge in [-0.15, -0.1) is 0 Å². The van der Waals surface area contributed by atoms with Crippen molar-refractivity contribution < 1.29 is 0 Å². The Morgan fingerprint density at radius 3 is 2.78 bits per heavy atom. The Bertz CT molecular complexity index is 427. The van der Waals surface area contributed by atoms with E-state index in [0.29, 0.717) is 6.42 Å². The van der Waals surface area contributed by atoms with Gasteiger partial charge in [0, 0.05) is 37.2 Å². The van der Waals surface area contributed by atoms with E-state index in [-0.39, 0.29) is 6.04 Å². The Hall–Kier alpha value is -1.08. The van der Waals surface area contributed by atoms with Crippen LogP contribution in [-0.2, 0) is 0 Å². The molecule has 3 nitrogen and oxygen atoms in total. The first-order valence-electron chi connectivity index (χ1n) is 6.30. The van der Waals surface area contributed by atoms with Crippen LogP contribution in [0.3, 0.4) is 0 Å². The zero-order valence-electron chi connectivity index (χ0n) is 10.6. The molecule has 1 heterocycles. The van der Waals surface area contributed by atoms with Crippen molar-refractivity contribution in [2.45, 2.75) is 19.4 Å². The maximum Gasteiger partial charge on any atom is 0.0641 e. The quantitative estimate of drug-likeness (QED) is 0.911. The van der Waals surface area contributed by atoms with E-state index in [0.717, 1.165) is 36.8 Å². The molecule has 1 atom stereocenters. The summed E-state index contributed by atoms with van der Waals surface area (Å²) in [7, 11) is 0. The third-order valence-corrected chi connectivity index (χ3v) is 3.81. The molecule has 1 N–H and O–H groups in total. The van der Waals surface area contributed by atoms with Crippen LogP contribution in [0.2, 0.25) is 5.02 Å². The molecule has 1 aliphatic heterocycles. The van der Waals surface area contributed by atoms with Gasteiger partial charge in [0.2, 0.25) is 0 Å². The second-order valence-electron chi connectivity index (χ2n) is 4.63. The summed E-state index contributed by atoms with van der Waals surface area (Å²) < 4.78 is 0. The highest BCUT2D eigenvalue weighted by molar-refractivity contribution is 6.31. The highest BCUT2D eigenvalue weighted by Crippen LogP contribution is 2.32. The Morgan fingerprint density at radius 1 is 1.44 bits per heavy atom. The molecule has 0 bridgehead atoms. The summed E-state index contributed by atoms with van der Waals surface area (Å²) in [4.78, 5) is 2.36. The lowest BCUT2D eigenvalue weighted by Crippen LogP contribution is -2.45. The van der Waals surface area contributed by atoms with Crippen LogP contribution in [0.5, 0.6) is 0 Å². The van der Waals surface area contributed by atoms with Crippen molar-refractivity contribution in [1.82, 2.24) is 10.2 Å². The van der Waals surface area contributed by atoms with Gasteiger partial charge in [-0.1, -0.05) is 23.7 Å². The molecule has 1 saturated heterocycles. The highest BCUT2D eigenvalue weighted by atomic mass is 35.5. The maximum atomic E-state index is 9.08. The number of rotatable bonds is 3. The first-order valence-corrected chi connectivity index (χ1v) is 6.68. The van der Waals surface area contributed by atoms with Gasteiger partial charge in [-0.2, -0.15) is 5.26 Å². The second kappa shape index (κ2) is 6.19. The third kappa shape index (κ3) is 2.84. The fourth-order valence-electron chi connectivity index (χ4n) is 2.56. The summed E-state index contributed by atoms with van der Waals surface area (Å²) in [5.74, 6) is 0. The molecule has 1 aromatic rings. The minimum absolute atomic E-state index is 0.116. The maximum absolute atomic E-state index is 9.08. The lowest BCUT2D eigenvalue weighted by atomic mass is 9.97. The van der Waals surface area contributed by atoms with Gasteiger partial charge in [0.1, 0.15) is 0 Å². The van der Waals surface area contributed by atoms with Crippen molar-refractivity contribution in [2.75, 3.05) is 26.2 Å². The zero-order valence-corrected chi connectivity index (χ0v) is 11.4. The van der Waals surface area contributed by atoms with E-state index in [1.54, 1.807) is 0 Å². The van der Waals surface area contributed by atoms with Crippen LogP contribution in [0.25, 0.3) is 0 Å². The number of benzene rings is 1. The summed E-state index contributed by atoms with van der Waals surface area (Å²) in [6.07, 6.45) is 0.491. The summed E-state index contributed by atoms with van der Waals surface area (Å²) in [5.41, 5.74) is 2.28. The minimum atomic E-state index is 0.116. The molecule has 1 aromatic carbocycles. The standard InChI is InChI=1S/C14H18ClN3/c1-11-3-2-4-12(15)14(11)13(5-6-16)18-9-7-17-8-10-18/h2-4,13,17H,5,7-10H2,1H3/t13-/m0/s1. The molecule has 0 unspecified atom stereocenters. The molecule has 0 spiro atoms. The zero-order chi connectivity index (χ0) is 13.0. The van der Waals surface area contributed by atoms with Gasteiger partial charge in [0.05, 0.1) is 12.5 Å². The number of hydrogen-bond acceptors (Lipinski definition) is 3. The van der Waals surface area contributed by atoms with Crippen molar-refractivity contribution >= 4 is 11.6 Å². The molecular weight excluding hydrogens is 246 g/mol. The fourth-order valence-corrected chi connectivity index (χ4v) is 2.91. The van der Waals surface area contributed by atoms with Crippen LogP contribution in [0.15, 0.2) is 18.2 Å². The SMILES string of the molecule is Cc1cccc(Cl)c1[C@H](CC#N)N1CCNCC1. The van der Waals surface area contributed by atoms with Crippen molar-refractivity contribution in [3.05, 3.63) is 34.3 Å². The summed E-state index contributed by atoms with van der Waals surface area (Å²) in [5, 5.41) is 13.2. The van der Waals surface area contributed by atoms with E-state index in [9.17, 15) is 0 Å². The molecule has 18 heavy (non-hydrogen) atoms. The van der Waals surface area contributed by atoms with Gasteiger partial charge in [-0.05, 0) is 24.1 Å². The van der Waals surface area contributed by atoms with Crippen LogP contribution in [0.4, 0.5) is 0 Å². The molecule has 2 rings (SSSR count). The lowest BCUT2D eigenvalue weighted by molar-refractivity contribution is 0.175. The van der Waals surface area contributed by atoms with E-state index < -0.39 is 0 Å². The van der Waals surface area contributed by atoms with E-state index in [2.05, 4.69) is 29.3 Å². The molecule has 4 heteroatoms. The van der Waals surface area contributed by atoms with Crippen LogP contribution < -0.4 is 5.32 Å². The predicted molar refractivity (Wildman–Crippen MR) is 73.6 cm³/mol. The van der Waals surface area contributed by atoms with Gasteiger partial charge in [0.15, 0.2) is 0 Å². The number of aryl methyl sites for hydroxylation is 1. The molecular formula is C14H18ClN3. The summed E-state index contributed by atoms with van der Waals surface area (Å²) in [6.45, 7) is 5.96. The number of halogens is 1. The van der Waals surface area contributed by atoms with Gasteiger partial charge in [0.25, 0.3) is 0 Å². The first-order chi connectivity index (χ1) is 8.74. The van der Waals surface area contributed by atoms with E-state index in [4.69, 9.17) is 16.9 Å². The third-order valence-electron chi connectivity index (χ3n) is 3.48. The van der Waals surface area contributed by atoms with Crippen LogP contribution >= 0.6 is 11.6 Å². The highest BCUT2D eigenvalue weighted by Gasteiger charge is 2.24. The van der Waals surface area contributed by atoms with Crippen LogP contribution in [0.1, 0.15) is 23.6 Å². The van der Waals surface area contributed by atoms with E-state index in [1.807, 2.05) is 12.1 Å². The minimum Gasteiger partial charge on any atom is -0.314 e. The Balaban J connectivity index is 2.31. The van der Waals surface area contributed by atoms with E-state index in [1.165, 1.54) is 5.56 Å². The molecule has 0 radical (unpaired) electrons. The molecule has 0 aromatic heterocycles. The number of piperazine rings is 1. The topological polar surface area (TPSA) is 39.1 Å². The monoisotopic (exact) mass is 263 g/mol. The second-order valence-corrected chi connectivity index (χ2v) is 5.04. The van der Waals surface area contributed by atoms with Crippen molar-refractivity contribution in [2.24, 2.45) is 0 Å². The molecule has 0 aliphatic carbocycles. The van der Waals surface area contributed by atoms with Crippen molar-refractivity contribution in [1.29, 1.82) is 5.26 Å². The predicted octanol–water partition coefficient (Wildman–Crippen LogP) is 2.51.